The third-order valence-electron chi connectivity index (χ3n) is 3.56. The lowest BCUT2D eigenvalue weighted by molar-refractivity contribution is 0.0347. The number of anilines is 1. The molecule has 0 aromatic carbocycles. The topological polar surface area (TPSA) is 47.0 Å². The largest absolute Gasteiger partial charge is 0.376 e. The Labute approximate surface area is 119 Å². The molecule has 1 heterocycles. The van der Waals surface area contributed by atoms with Gasteiger partial charge in [-0.25, -0.2) is 9.97 Å². The Hall–Kier alpha value is -0.870. The van der Waals surface area contributed by atoms with Gasteiger partial charge in [-0.3, -0.25) is 0 Å². The zero-order chi connectivity index (χ0) is 13.7. The highest BCUT2D eigenvalue weighted by molar-refractivity contribution is 6.31. The minimum atomic E-state index is 0.431. The van der Waals surface area contributed by atoms with Crippen molar-refractivity contribution >= 4 is 17.4 Å². The highest BCUT2D eigenvalue weighted by Crippen LogP contribution is 2.20. The molecular formula is C14H22ClN3O. The van der Waals surface area contributed by atoms with Gasteiger partial charge in [0.1, 0.15) is 0 Å². The predicted molar refractivity (Wildman–Crippen MR) is 77.8 cm³/mol. The molecular weight excluding hydrogens is 262 g/mol. The summed E-state index contributed by atoms with van der Waals surface area (Å²) in [6.07, 6.45) is 6.79. The van der Waals surface area contributed by atoms with E-state index in [1.807, 2.05) is 13.8 Å². The first kappa shape index (κ1) is 14.5. The van der Waals surface area contributed by atoms with Crippen LogP contribution in [0.25, 0.3) is 0 Å². The van der Waals surface area contributed by atoms with Crippen LogP contribution in [0, 0.1) is 13.8 Å². The molecule has 1 aliphatic rings. The van der Waals surface area contributed by atoms with Gasteiger partial charge in [-0.1, -0.05) is 30.9 Å². The monoisotopic (exact) mass is 283 g/mol. The summed E-state index contributed by atoms with van der Waals surface area (Å²) in [5, 5.41) is 3.62. The van der Waals surface area contributed by atoms with E-state index in [4.69, 9.17) is 16.3 Å². The van der Waals surface area contributed by atoms with Gasteiger partial charge in [-0.05, 0) is 26.7 Å². The third kappa shape index (κ3) is 4.32. The van der Waals surface area contributed by atoms with E-state index < -0.39 is 0 Å². The molecule has 0 radical (unpaired) electrons. The van der Waals surface area contributed by atoms with E-state index in [9.17, 15) is 0 Å². The van der Waals surface area contributed by atoms with E-state index in [1.165, 1.54) is 32.1 Å². The highest BCUT2D eigenvalue weighted by Gasteiger charge is 2.13. The van der Waals surface area contributed by atoms with Crippen LogP contribution in [0.5, 0.6) is 0 Å². The normalized spacial score (nSPS) is 16.6. The summed E-state index contributed by atoms with van der Waals surface area (Å²) in [7, 11) is 0. The molecule has 1 aromatic rings. The van der Waals surface area contributed by atoms with Crippen LogP contribution < -0.4 is 5.32 Å². The van der Waals surface area contributed by atoms with Crippen LogP contribution in [-0.2, 0) is 4.74 Å². The first-order valence-corrected chi connectivity index (χ1v) is 7.41. The van der Waals surface area contributed by atoms with Gasteiger partial charge in [-0.2, -0.15) is 0 Å². The molecule has 0 saturated heterocycles. The maximum atomic E-state index is 6.05. The summed E-state index contributed by atoms with van der Waals surface area (Å²) >= 11 is 6.05. The zero-order valence-corrected chi connectivity index (χ0v) is 12.5. The lowest BCUT2D eigenvalue weighted by Gasteiger charge is -2.22. The fraction of sp³-hybridized carbons (Fsp3) is 0.714. The number of nitrogens with one attached hydrogen (secondary N) is 1. The first-order valence-electron chi connectivity index (χ1n) is 7.03. The minimum absolute atomic E-state index is 0.431. The van der Waals surface area contributed by atoms with Gasteiger partial charge >= 0.3 is 0 Å². The maximum Gasteiger partial charge on any atom is 0.171 e. The number of hydrogen-bond donors (Lipinski definition) is 1. The number of rotatable bonds is 5. The van der Waals surface area contributed by atoms with Crippen molar-refractivity contribution in [2.45, 2.75) is 52.1 Å². The number of aromatic nitrogens is 2. The summed E-state index contributed by atoms with van der Waals surface area (Å²) in [4.78, 5) is 8.64. The van der Waals surface area contributed by atoms with E-state index in [2.05, 4.69) is 15.3 Å². The predicted octanol–water partition coefficient (Wildman–Crippen LogP) is 3.51. The van der Waals surface area contributed by atoms with Crippen molar-refractivity contribution in [1.82, 2.24) is 9.97 Å². The number of aryl methyl sites for hydroxylation is 2. The number of halogens is 1. The van der Waals surface area contributed by atoms with Crippen LogP contribution in [0.15, 0.2) is 0 Å². The van der Waals surface area contributed by atoms with Crippen LogP contribution in [-0.4, -0.2) is 29.2 Å². The molecule has 1 aromatic heterocycles. The van der Waals surface area contributed by atoms with Crippen LogP contribution in [0.1, 0.15) is 43.5 Å². The molecule has 2 rings (SSSR count). The van der Waals surface area contributed by atoms with Crippen molar-refractivity contribution in [1.29, 1.82) is 0 Å². The van der Waals surface area contributed by atoms with Crippen LogP contribution >= 0.6 is 11.6 Å². The number of hydrogen-bond acceptors (Lipinski definition) is 4. The van der Waals surface area contributed by atoms with E-state index in [1.54, 1.807) is 0 Å². The van der Waals surface area contributed by atoms with Crippen LogP contribution in [0.3, 0.4) is 0 Å². The second kappa shape index (κ2) is 7.06. The smallest absolute Gasteiger partial charge is 0.171 e. The molecule has 0 aliphatic heterocycles. The van der Waals surface area contributed by atoms with Crippen molar-refractivity contribution in [3.63, 3.8) is 0 Å². The molecule has 1 N–H and O–H groups in total. The van der Waals surface area contributed by atoms with Crippen molar-refractivity contribution in [3.8, 4) is 0 Å². The fourth-order valence-electron chi connectivity index (χ4n) is 2.32. The molecule has 1 saturated carbocycles. The van der Waals surface area contributed by atoms with E-state index in [0.29, 0.717) is 30.2 Å². The lowest BCUT2D eigenvalue weighted by atomic mass is 9.98. The van der Waals surface area contributed by atoms with Crippen LogP contribution in [0.2, 0.25) is 5.15 Å². The summed E-state index contributed by atoms with van der Waals surface area (Å²) < 4.78 is 5.84. The van der Waals surface area contributed by atoms with Gasteiger partial charge in [0.05, 0.1) is 24.1 Å². The van der Waals surface area contributed by atoms with Crippen LogP contribution in [0.4, 0.5) is 5.82 Å². The molecule has 1 fully saturated rings. The Morgan fingerprint density at radius 3 is 2.58 bits per heavy atom. The Morgan fingerprint density at radius 2 is 1.84 bits per heavy atom. The third-order valence-corrected chi connectivity index (χ3v) is 3.83. The summed E-state index contributed by atoms with van der Waals surface area (Å²) in [6.45, 7) is 5.25. The molecule has 106 valence electrons. The van der Waals surface area contributed by atoms with Gasteiger partial charge in [-0.15, -0.1) is 0 Å². The van der Waals surface area contributed by atoms with E-state index in [-0.39, 0.29) is 0 Å². The van der Waals surface area contributed by atoms with E-state index in [0.717, 1.165) is 11.4 Å². The molecule has 4 nitrogen and oxygen atoms in total. The second-order valence-electron chi connectivity index (χ2n) is 5.09. The maximum absolute atomic E-state index is 6.05. The molecule has 0 amide bonds. The zero-order valence-electron chi connectivity index (χ0n) is 11.7. The Balaban J connectivity index is 1.74. The van der Waals surface area contributed by atoms with Gasteiger partial charge in [0, 0.05) is 6.54 Å². The molecule has 19 heavy (non-hydrogen) atoms. The van der Waals surface area contributed by atoms with Gasteiger partial charge < -0.3 is 10.1 Å². The van der Waals surface area contributed by atoms with Crippen molar-refractivity contribution in [2.75, 3.05) is 18.5 Å². The summed E-state index contributed by atoms with van der Waals surface area (Å²) in [5.41, 5.74) is 1.77. The summed E-state index contributed by atoms with van der Waals surface area (Å²) in [6, 6.07) is 0. The minimum Gasteiger partial charge on any atom is -0.376 e. The second-order valence-corrected chi connectivity index (χ2v) is 5.45. The Bertz CT molecular complexity index is 419. The molecule has 0 bridgehead atoms. The molecule has 1 aliphatic carbocycles. The van der Waals surface area contributed by atoms with Crippen molar-refractivity contribution in [2.24, 2.45) is 0 Å². The average Bonchev–Trinajstić information content (AvgIpc) is 2.41. The van der Waals surface area contributed by atoms with Gasteiger partial charge in [0.2, 0.25) is 0 Å². The molecule has 0 unspecified atom stereocenters. The lowest BCUT2D eigenvalue weighted by Crippen LogP contribution is -2.21. The summed E-state index contributed by atoms with van der Waals surface area (Å²) in [5.74, 6) is 0.650. The Morgan fingerprint density at radius 1 is 1.16 bits per heavy atom. The average molecular weight is 284 g/mol. The molecule has 0 atom stereocenters. The first-order chi connectivity index (χ1) is 9.16. The molecule has 0 spiro atoms. The van der Waals surface area contributed by atoms with Crippen molar-refractivity contribution in [3.05, 3.63) is 16.5 Å². The van der Waals surface area contributed by atoms with E-state index >= 15 is 0 Å². The van der Waals surface area contributed by atoms with Gasteiger partial charge in [0.25, 0.3) is 0 Å². The molecule has 5 heteroatoms. The van der Waals surface area contributed by atoms with Gasteiger partial charge in [0.15, 0.2) is 11.0 Å². The standard InChI is InChI=1S/C14H22ClN3O/c1-10-11(2)18-14(13(15)17-10)16-8-9-19-12-6-4-3-5-7-12/h12H,3-9H2,1-2H3,(H,16,18). The quantitative estimate of drug-likeness (QED) is 0.840. The fourth-order valence-corrected chi connectivity index (χ4v) is 2.55. The number of nitrogens with zero attached hydrogens (tertiary/aromatic N) is 2. The highest BCUT2D eigenvalue weighted by atomic mass is 35.5. The SMILES string of the molecule is Cc1nc(Cl)c(NCCOC2CCCCC2)nc1C. The van der Waals surface area contributed by atoms with Crippen molar-refractivity contribution < 1.29 is 4.74 Å². The Kier molecular flexibility index (Phi) is 5.40. The number of ether oxygens (including phenoxy) is 1.